The average Bonchev–Trinajstić information content (AvgIpc) is 2.80. The number of nitrogens with one attached hydrogen (secondary N) is 2. The van der Waals surface area contributed by atoms with Gasteiger partial charge in [-0.15, -0.1) is 0 Å². The van der Waals surface area contributed by atoms with Gasteiger partial charge < -0.3 is 19.6 Å². The van der Waals surface area contributed by atoms with Crippen LogP contribution < -0.4 is 5.32 Å². The largest absolute Gasteiger partial charge is 0.447 e. The number of para-hydroxylation sites is 2. The summed E-state index contributed by atoms with van der Waals surface area (Å²) in [5.74, 6) is 0.336. The van der Waals surface area contributed by atoms with Gasteiger partial charge >= 0.3 is 6.09 Å². The molecule has 102 valence electrons. The van der Waals surface area contributed by atoms with E-state index in [0.29, 0.717) is 5.95 Å². The van der Waals surface area contributed by atoms with E-state index in [0.717, 1.165) is 11.0 Å². The Bertz CT molecular complexity index is 508. The summed E-state index contributed by atoms with van der Waals surface area (Å²) in [4.78, 5) is 18.6. The molecule has 3 N–H and O–H groups in total. The van der Waals surface area contributed by atoms with E-state index in [2.05, 4.69) is 15.3 Å². The summed E-state index contributed by atoms with van der Waals surface area (Å²) in [6, 6.07) is 7.44. The van der Waals surface area contributed by atoms with Gasteiger partial charge in [-0.05, 0) is 12.1 Å². The maximum Gasteiger partial charge on any atom is 0.414 e. The van der Waals surface area contributed by atoms with Gasteiger partial charge in [-0.1, -0.05) is 12.1 Å². The van der Waals surface area contributed by atoms with Crippen LogP contribution in [0.2, 0.25) is 0 Å². The van der Waals surface area contributed by atoms with Gasteiger partial charge in [0, 0.05) is 0 Å². The smallest absolute Gasteiger partial charge is 0.414 e. The Kier molecular flexibility index (Phi) is 4.71. The molecule has 0 saturated heterocycles. The first-order chi connectivity index (χ1) is 9.29. The second-order valence-corrected chi connectivity index (χ2v) is 3.70. The van der Waals surface area contributed by atoms with E-state index in [1.54, 1.807) is 0 Å². The number of fused-ring (bicyclic) bond motifs is 1. The van der Waals surface area contributed by atoms with E-state index in [9.17, 15) is 4.79 Å². The number of carbonyl (C=O) groups is 1. The van der Waals surface area contributed by atoms with E-state index in [1.165, 1.54) is 0 Å². The molecule has 0 radical (unpaired) electrons. The Morgan fingerprint density at radius 1 is 1.32 bits per heavy atom. The second kappa shape index (κ2) is 6.72. The van der Waals surface area contributed by atoms with Gasteiger partial charge in [-0.25, -0.2) is 9.78 Å². The van der Waals surface area contributed by atoms with Gasteiger partial charge in [-0.3, -0.25) is 5.32 Å². The molecule has 19 heavy (non-hydrogen) atoms. The topological polar surface area (TPSA) is 96.5 Å². The number of anilines is 1. The summed E-state index contributed by atoms with van der Waals surface area (Å²) >= 11 is 0. The van der Waals surface area contributed by atoms with Crippen molar-refractivity contribution in [3.8, 4) is 0 Å². The minimum atomic E-state index is -0.605. The number of imidazole rings is 1. The predicted molar refractivity (Wildman–Crippen MR) is 69.0 cm³/mol. The third-order valence-corrected chi connectivity index (χ3v) is 2.31. The number of aliphatic hydroxyl groups is 1. The van der Waals surface area contributed by atoms with Crippen LogP contribution >= 0.6 is 0 Å². The van der Waals surface area contributed by atoms with Crippen molar-refractivity contribution in [3.63, 3.8) is 0 Å². The lowest BCUT2D eigenvalue weighted by molar-refractivity contribution is 0.0572. The van der Waals surface area contributed by atoms with Crippen LogP contribution in [0.5, 0.6) is 0 Å². The van der Waals surface area contributed by atoms with E-state index in [-0.39, 0.29) is 26.4 Å². The fourth-order valence-corrected chi connectivity index (χ4v) is 1.50. The van der Waals surface area contributed by atoms with Gasteiger partial charge in [0.25, 0.3) is 0 Å². The fourth-order valence-electron chi connectivity index (χ4n) is 1.50. The summed E-state index contributed by atoms with van der Waals surface area (Å²) in [5, 5.41) is 11.0. The number of hydrogen-bond donors (Lipinski definition) is 3. The molecule has 1 amide bonds. The van der Waals surface area contributed by atoms with Crippen LogP contribution in [0.15, 0.2) is 24.3 Å². The molecule has 1 heterocycles. The number of carbonyl (C=O) groups excluding carboxylic acids is 1. The van der Waals surface area contributed by atoms with E-state index < -0.39 is 6.09 Å². The van der Waals surface area contributed by atoms with Crippen molar-refractivity contribution in [2.45, 2.75) is 0 Å². The minimum Gasteiger partial charge on any atom is -0.447 e. The van der Waals surface area contributed by atoms with Crippen LogP contribution in [0.3, 0.4) is 0 Å². The minimum absolute atomic E-state index is 0.0504. The van der Waals surface area contributed by atoms with Crippen molar-refractivity contribution in [2.24, 2.45) is 0 Å². The monoisotopic (exact) mass is 265 g/mol. The highest BCUT2D eigenvalue weighted by Gasteiger charge is 2.07. The molecule has 0 bridgehead atoms. The van der Waals surface area contributed by atoms with Crippen molar-refractivity contribution < 1.29 is 19.4 Å². The molecule has 0 fully saturated rings. The first-order valence-corrected chi connectivity index (χ1v) is 5.87. The standard InChI is InChI=1S/C12H15N3O4/c16-5-6-18-7-8-19-12(17)15-11-13-9-3-1-2-4-10(9)14-11/h1-4,16H,5-8H2,(H2,13,14,15,17). The van der Waals surface area contributed by atoms with Crippen LogP contribution in [-0.4, -0.2) is 47.6 Å². The molecule has 1 aromatic heterocycles. The summed E-state index contributed by atoms with van der Waals surface area (Å²) in [7, 11) is 0. The maximum absolute atomic E-state index is 11.4. The number of ether oxygens (including phenoxy) is 2. The molecule has 2 aromatic rings. The van der Waals surface area contributed by atoms with Crippen molar-refractivity contribution in [1.29, 1.82) is 0 Å². The molecule has 0 spiro atoms. The molecule has 0 saturated carbocycles. The third kappa shape index (κ3) is 3.94. The fraction of sp³-hybridized carbons (Fsp3) is 0.333. The number of aromatic amines is 1. The third-order valence-electron chi connectivity index (χ3n) is 2.31. The number of rotatable bonds is 6. The molecule has 0 aliphatic heterocycles. The van der Waals surface area contributed by atoms with Crippen LogP contribution in [0.4, 0.5) is 10.7 Å². The van der Waals surface area contributed by atoms with Crippen LogP contribution in [0.1, 0.15) is 0 Å². The number of H-pyrrole nitrogens is 1. The second-order valence-electron chi connectivity index (χ2n) is 3.70. The normalized spacial score (nSPS) is 10.6. The van der Waals surface area contributed by atoms with Crippen LogP contribution in [0.25, 0.3) is 11.0 Å². The number of benzene rings is 1. The Balaban J connectivity index is 1.78. The molecule has 7 nitrogen and oxygen atoms in total. The lowest BCUT2D eigenvalue weighted by Gasteiger charge is -2.04. The average molecular weight is 265 g/mol. The quantitative estimate of drug-likeness (QED) is 0.680. The zero-order chi connectivity index (χ0) is 13.5. The number of aromatic nitrogens is 2. The molecule has 0 aliphatic carbocycles. The maximum atomic E-state index is 11.4. The molecule has 7 heteroatoms. The number of hydrogen-bond acceptors (Lipinski definition) is 5. The highest BCUT2D eigenvalue weighted by molar-refractivity contribution is 5.86. The Hall–Kier alpha value is -2.12. The van der Waals surface area contributed by atoms with Gasteiger partial charge in [0.15, 0.2) is 0 Å². The van der Waals surface area contributed by atoms with Crippen molar-refractivity contribution in [3.05, 3.63) is 24.3 Å². The summed E-state index contributed by atoms with van der Waals surface area (Å²) < 4.78 is 9.82. The first-order valence-electron chi connectivity index (χ1n) is 5.87. The lowest BCUT2D eigenvalue weighted by Crippen LogP contribution is -2.17. The van der Waals surface area contributed by atoms with Gasteiger partial charge in [-0.2, -0.15) is 0 Å². The Morgan fingerprint density at radius 3 is 2.95 bits per heavy atom. The Morgan fingerprint density at radius 2 is 2.16 bits per heavy atom. The van der Waals surface area contributed by atoms with Gasteiger partial charge in [0.05, 0.1) is 30.9 Å². The number of nitrogens with zero attached hydrogens (tertiary/aromatic N) is 1. The SMILES string of the molecule is O=C(Nc1nc2ccccc2[nH]1)OCCOCCO. The molecular weight excluding hydrogens is 250 g/mol. The van der Waals surface area contributed by atoms with Crippen LogP contribution in [0, 0.1) is 0 Å². The zero-order valence-electron chi connectivity index (χ0n) is 10.3. The first kappa shape index (κ1) is 13.3. The molecule has 2 rings (SSSR count). The highest BCUT2D eigenvalue weighted by atomic mass is 16.6. The van der Waals surface area contributed by atoms with Crippen molar-refractivity contribution in [2.75, 3.05) is 31.7 Å². The zero-order valence-corrected chi connectivity index (χ0v) is 10.3. The van der Waals surface area contributed by atoms with E-state index in [1.807, 2.05) is 24.3 Å². The summed E-state index contributed by atoms with van der Waals surface area (Å²) in [5.41, 5.74) is 1.60. The van der Waals surface area contributed by atoms with E-state index >= 15 is 0 Å². The highest BCUT2D eigenvalue weighted by Crippen LogP contribution is 2.13. The lowest BCUT2D eigenvalue weighted by atomic mass is 10.3. The molecule has 0 unspecified atom stereocenters. The number of amides is 1. The number of aliphatic hydroxyl groups excluding tert-OH is 1. The van der Waals surface area contributed by atoms with Gasteiger partial charge in [0.1, 0.15) is 6.61 Å². The molecular formula is C12H15N3O4. The predicted octanol–water partition coefficient (Wildman–Crippen LogP) is 1.12. The summed E-state index contributed by atoms with van der Waals surface area (Å²) in [6.45, 7) is 0.542. The Labute approximate surface area is 109 Å². The molecule has 1 aromatic carbocycles. The van der Waals surface area contributed by atoms with E-state index in [4.69, 9.17) is 14.6 Å². The van der Waals surface area contributed by atoms with Crippen molar-refractivity contribution in [1.82, 2.24) is 9.97 Å². The molecule has 0 atom stereocenters. The van der Waals surface area contributed by atoms with Crippen molar-refractivity contribution >= 4 is 23.1 Å². The van der Waals surface area contributed by atoms with Crippen LogP contribution in [-0.2, 0) is 9.47 Å². The summed E-state index contributed by atoms with van der Waals surface area (Å²) in [6.07, 6.45) is -0.605. The van der Waals surface area contributed by atoms with Gasteiger partial charge in [0.2, 0.25) is 5.95 Å². The molecule has 0 aliphatic rings.